The topological polar surface area (TPSA) is 76.0 Å². The van der Waals surface area contributed by atoms with Gasteiger partial charge in [0.15, 0.2) is 0 Å². The number of carbonyl (C=O) groups excluding carboxylic acids is 1. The minimum absolute atomic E-state index is 0.00683. The van der Waals surface area contributed by atoms with Crippen molar-refractivity contribution in [3.05, 3.63) is 60.3 Å². The van der Waals surface area contributed by atoms with Crippen LogP contribution in [0.1, 0.15) is 73.1 Å². The molecule has 0 saturated carbocycles. The van der Waals surface area contributed by atoms with Gasteiger partial charge in [-0.2, -0.15) is 0 Å². The summed E-state index contributed by atoms with van der Waals surface area (Å²) in [6.45, 7) is 10.1. The normalized spacial score (nSPS) is 32.6. The number of esters is 1. The first-order valence-corrected chi connectivity index (χ1v) is 12.8. The molecule has 0 spiro atoms. The van der Waals surface area contributed by atoms with Gasteiger partial charge in [-0.3, -0.25) is 0 Å². The van der Waals surface area contributed by atoms with Gasteiger partial charge >= 0.3 is 5.97 Å². The van der Waals surface area contributed by atoms with Crippen LogP contribution in [0.2, 0.25) is 0 Å². The Hall–Kier alpha value is -1.95. The predicted octanol–water partition coefficient (Wildman–Crippen LogP) is 5.59. The third kappa shape index (κ3) is 8.68. The second-order valence-electron chi connectivity index (χ2n) is 9.90. The molecule has 1 fully saturated rings. The number of unbranched alkanes of at least 4 members (excludes halogenated alkanes) is 1. The zero-order chi connectivity index (χ0) is 25.1. The fourth-order valence-corrected chi connectivity index (χ4v) is 4.49. The van der Waals surface area contributed by atoms with Gasteiger partial charge in [0.05, 0.1) is 17.8 Å². The van der Waals surface area contributed by atoms with Crippen molar-refractivity contribution in [2.24, 2.45) is 11.8 Å². The number of carbonyl (C=O) groups is 1. The van der Waals surface area contributed by atoms with E-state index in [0.29, 0.717) is 12.3 Å². The van der Waals surface area contributed by atoms with Crippen molar-refractivity contribution in [2.45, 2.75) is 103 Å². The van der Waals surface area contributed by atoms with Gasteiger partial charge in [0.2, 0.25) is 0 Å². The lowest BCUT2D eigenvalue weighted by molar-refractivity contribution is -0.195. The number of hydrogen-bond donors (Lipinski definition) is 2. The molecular formula is C29H44O5. The molecule has 1 saturated heterocycles. The molecule has 190 valence electrons. The highest BCUT2D eigenvalue weighted by molar-refractivity contribution is 5.82. The highest BCUT2D eigenvalue weighted by atomic mass is 16.5. The van der Waals surface area contributed by atoms with Crippen molar-refractivity contribution < 1.29 is 24.5 Å². The van der Waals surface area contributed by atoms with Gasteiger partial charge in [0.25, 0.3) is 0 Å². The highest BCUT2D eigenvalue weighted by Gasteiger charge is 2.44. The van der Waals surface area contributed by atoms with Crippen LogP contribution in [-0.2, 0) is 14.3 Å². The summed E-state index contributed by atoms with van der Waals surface area (Å²) < 4.78 is 11.5. The summed E-state index contributed by atoms with van der Waals surface area (Å²) in [5.74, 6) is 0.165. The SMILES string of the molecule is C/C=C/[C@@H]1O[C@](C)([C@H](O)/C=C/CCC[C@@H](C)/C=C(\C=C\[C@H]2CC=CC(=O)O2)CC)C[C@@H](O)[C@@H]1C. The van der Waals surface area contributed by atoms with Crippen LogP contribution in [0.15, 0.2) is 60.3 Å². The number of aliphatic hydroxyl groups is 2. The van der Waals surface area contributed by atoms with E-state index < -0.39 is 17.8 Å². The lowest BCUT2D eigenvalue weighted by Crippen LogP contribution is -2.54. The Kier molecular flexibility index (Phi) is 11.5. The van der Waals surface area contributed by atoms with Crippen molar-refractivity contribution in [2.75, 3.05) is 0 Å². The number of hydrogen-bond acceptors (Lipinski definition) is 5. The maximum Gasteiger partial charge on any atom is 0.331 e. The van der Waals surface area contributed by atoms with Gasteiger partial charge in [0.1, 0.15) is 12.2 Å². The fraction of sp³-hybridized carbons (Fsp3) is 0.621. The van der Waals surface area contributed by atoms with E-state index in [1.807, 2.05) is 57.2 Å². The Labute approximate surface area is 205 Å². The molecule has 34 heavy (non-hydrogen) atoms. The van der Waals surface area contributed by atoms with Crippen LogP contribution in [0, 0.1) is 11.8 Å². The van der Waals surface area contributed by atoms with Gasteiger partial charge in [-0.25, -0.2) is 4.79 Å². The number of allylic oxidation sites excluding steroid dienone is 5. The summed E-state index contributed by atoms with van der Waals surface area (Å²) in [4.78, 5) is 11.4. The Morgan fingerprint density at radius 1 is 1.35 bits per heavy atom. The summed E-state index contributed by atoms with van der Waals surface area (Å²) >= 11 is 0. The molecule has 0 unspecified atom stereocenters. The van der Waals surface area contributed by atoms with Gasteiger partial charge in [-0.1, -0.05) is 68.9 Å². The lowest BCUT2D eigenvalue weighted by atomic mass is 9.81. The monoisotopic (exact) mass is 472 g/mol. The first-order valence-electron chi connectivity index (χ1n) is 12.8. The maximum absolute atomic E-state index is 11.4. The summed E-state index contributed by atoms with van der Waals surface area (Å²) in [6, 6.07) is 0. The third-order valence-electron chi connectivity index (χ3n) is 6.82. The van der Waals surface area contributed by atoms with E-state index in [1.165, 1.54) is 11.6 Å². The van der Waals surface area contributed by atoms with Crippen LogP contribution in [-0.4, -0.2) is 46.2 Å². The Morgan fingerprint density at radius 2 is 2.12 bits per heavy atom. The van der Waals surface area contributed by atoms with Crippen LogP contribution in [0.3, 0.4) is 0 Å². The van der Waals surface area contributed by atoms with Gasteiger partial charge < -0.3 is 19.7 Å². The second-order valence-corrected chi connectivity index (χ2v) is 9.90. The predicted molar refractivity (Wildman–Crippen MR) is 137 cm³/mol. The molecule has 2 aliphatic heterocycles. The van der Waals surface area contributed by atoms with Crippen molar-refractivity contribution in [3.63, 3.8) is 0 Å². The van der Waals surface area contributed by atoms with E-state index in [9.17, 15) is 15.0 Å². The molecule has 0 aromatic heterocycles. The van der Waals surface area contributed by atoms with Crippen molar-refractivity contribution in [1.29, 1.82) is 0 Å². The maximum atomic E-state index is 11.4. The van der Waals surface area contributed by atoms with Crippen LogP contribution in [0.4, 0.5) is 0 Å². The van der Waals surface area contributed by atoms with E-state index in [0.717, 1.165) is 32.1 Å². The van der Waals surface area contributed by atoms with Gasteiger partial charge in [0, 0.05) is 24.8 Å². The molecule has 2 N–H and O–H groups in total. The highest BCUT2D eigenvalue weighted by Crippen LogP contribution is 2.36. The zero-order valence-electron chi connectivity index (χ0n) is 21.5. The Balaban J connectivity index is 1.80. The third-order valence-corrected chi connectivity index (χ3v) is 6.82. The summed E-state index contributed by atoms with van der Waals surface area (Å²) in [5, 5.41) is 21.2. The zero-order valence-corrected chi connectivity index (χ0v) is 21.5. The van der Waals surface area contributed by atoms with E-state index in [1.54, 1.807) is 0 Å². The number of rotatable bonds is 11. The van der Waals surface area contributed by atoms with E-state index in [-0.39, 0.29) is 24.1 Å². The van der Waals surface area contributed by atoms with Crippen molar-refractivity contribution in [1.82, 2.24) is 0 Å². The minimum atomic E-state index is -0.798. The van der Waals surface area contributed by atoms with Crippen molar-refractivity contribution >= 4 is 5.97 Å². The molecule has 0 aliphatic carbocycles. The quantitative estimate of drug-likeness (QED) is 0.177. The van der Waals surface area contributed by atoms with Crippen LogP contribution in [0.5, 0.6) is 0 Å². The molecule has 0 radical (unpaired) electrons. The molecule has 7 atom stereocenters. The molecule has 5 nitrogen and oxygen atoms in total. The molecule has 2 rings (SSSR count). The number of aliphatic hydroxyl groups excluding tert-OH is 2. The average molecular weight is 473 g/mol. The molecule has 0 aromatic carbocycles. The van der Waals surface area contributed by atoms with Crippen LogP contribution in [0.25, 0.3) is 0 Å². The summed E-state index contributed by atoms with van der Waals surface area (Å²) in [6.07, 6.45) is 20.8. The number of ether oxygens (including phenoxy) is 2. The number of cyclic esters (lactones) is 1. The molecule has 0 aromatic rings. The standard InChI is InChI=1S/C29H44O5/c1-6-12-26-22(4)25(30)20-29(5,34-26)27(31)15-10-8-9-13-21(3)19-23(7-2)17-18-24-14-11-16-28(32)33-24/h6,10-12,15-19,21-22,24-27,30-31H,7-9,13-14,20H2,1-5H3/b12-6+,15-10+,18-17+,23-19-/t21-,22+,24-,25-,26+,27-,29+/m1/s1. The van der Waals surface area contributed by atoms with Crippen molar-refractivity contribution in [3.8, 4) is 0 Å². The molecule has 0 amide bonds. The molecule has 2 heterocycles. The van der Waals surface area contributed by atoms with Crippen LogP contribution < -0.4 is 0 Å². The lowest BCUT2D eigenvalue weighted by Gasteiger charge is -2.45. The molecule has 0 bridgehead atoms. The second kappa shape index (κ2) is 13.8. The Morgan fingerprint density at radius 3 is 2.79 bits per heavy atom. The first kappa shape index (κ1) is 28.3. The summed E-state index contributed by atoms with van der Waals surface area (Å²) in [5.41, 5.74) is 0.447. The summed E-state index contributed by atoms with van der Waals surface area (Å²) in [7, 11) is 0. The van der Waals surface area contributed by atoms with Crippen LogP contribution >= 0.6 is 0 Å². The van der Waals surface area contributed by atoms with Gasteiger partial charge in [-0.05, 0) is 51.5 Å². The molecule has 2 aliphatic rings. The average Bonchev–Trinajstić information content (AvgIpc) is 2.79. The largest absolute Gasteiger partial charge is 0.455 e. The molecular weight excluding hydrogens is 428 g/mol. The minimum Gasteiger partial charge on any atom is -0.455 e. The van der Waals surface area contributed by atoms with E-state index in [4.69, 9.17) is 9.47 Å². The van der Waals surface area contributed by atoms with E-state index in [2.05, 4.69) is 26.0 Å². The molecule has 5 heteroatoms. The Bertz CT molecular complexity index is 792. The smallest absolute Gasteiger partial charge is 0.331 e. The van der Waals surface area contributed by atoms with E-state index >= 15 is 0 Å². The van der Waals surface area contributed by atoms with Gasteiger partial charge in [-0.15, -0.1) is 0 Å². The fourth-order valence-electron chi connectivity index (χ4n) is 4.49. The first-order chi connectivity index (χ1) is 16.2.